The van der Waals surface area contributed by atoms with Gasteiger partial charge in [-0.05, 0) is 12.5 Å². The Morgan fingerprint density at radius 3 is 2.21 bits per heavy atom. The second kappa shape index (κ2) is 4.96. The number of hydrogen-bond acceptors (Lipinski definition) is 2. The summed E-state index contributed by atoms with van der Waals surface area (Å²) in [4.78, 5) is 5.79. The molecule has 1 aliphatic heterocycles. The topological polar surface area (TPSA) is 21.6 Å². The summed E-state index contributed by atoms with van der Waals surface area (Å²) >= 11 is 2.42. The van der Waals surface area contributed by atoms with Gasteiger partial charge in [0.1, 0.15) is 9.64 Å². The van der Waals surface area contributed by atoms with Crippen LogP contribution >= 0.6 is 22.6 Å². The number of halogens is 1. The number of rotatable bonds is 2. The zero-order valence-corrected chi connectivity index (χ0v) is 12.7. The highest BCUT2D eigenvalue weighted by atomic mass is 127. The zero-order chi connectivity index (χ0) is 13.3. The maximum absolute atomic E-state index is 5.79. The van der Waals surface area contributed by atoms with E-state index >= 15 is 0 Å². The normalized spacial score (nSPS) is 25.8. The van der Waals surface area contributed by atoms with E-state index in [-0.39, 0.29) is 3.92 Å². The Labute approximate surface area is 126 Å². The second-order valence-electron chi connectivity index (χ2n) is 4.77. The fourth-order valence-corrected chi connectivity index (χ4v) is 3.22. The molecule has 3 heteroatoms. The minimum atomic E-state index is -0.396. The third-order valence-electron chi connectivity index (χ3n) is 3.47. The van der Waals surface area contributed by atoms with E-state index in [1.54, 1.807) is 0 Å². The lowest BCUT2D eigenvalue weighted by atomic mass is 9.89. The number of nitrogens with zero attached hydrogens (tertiary/aromatic N) is 1. The summed E-state index contributed by atoms with van der Waals surface area (Å²) in [6.45, 7) is 2.10. The third-order valence-corrected chi connectivity index (χ3v) is 5.25. The lowest BCUT2D eigenvalue weighted by Crippen LogP contribution is -2.34. The molecule has 0 aromatic heterocycles. The Morgan fingerprint density at radius 2 is 1.58 bits per heavy atom. The van der Waals surface area contributed by atoms with Crippen LogP contribution in [0.1, 0.15) is 18.1 Å². The third kappa shape index (κ3) is 2.16. The van der Waals surface area contributed by atoms with Gasteiger partial charge in [-0.15, -0.1) is 0 Å². The van der Waals surface area contributed by atoms with E-state index in [4.69, 9.17) is 4.84 Å². The Balaban J connectivity index is 1.95. The highest BCUT2D eigenvalue weighted by Crippen LogP contribution is 2.40. The van der Waals surface area contributed by atoms with E-state index in [1.165, 1.54) is 0 Å². The van der Waals surface area contributed by atoms with Crippen molar-refractivity contribution in [2.75, 3.05) is 0 Å². The first-order chi connectivity index (χ1) is 9.22. The Hall–Kier alpha value is -1.36. The van der Waals surface area contributed by atoms with E-state index < -0.39 is 5.60 Å². The Bertz CT molecular complexity index is 597. The lowest BCUT2D eigenvalue weighted by Gasteiger charge is -2.26. The van der Waals surface area contributed by atoms with Crippen molar-refractivity contribution in [3.63, 3.8) is 0 Å². The van der Waals surface area contributed by atoms with Gasteiger partial charge in [0, 0.05) is 5.56 Å². The van der Waals surface area contributed by atoms with Gasteiger partial charge in [-0.1, -0.05) is 88.4 Å². The van der Waals surface area contributed by atoms with E-state index in [0.29, 0.717) is 0 Å². The van der Waals surface area contributed by atoms with Crippen LogP contribution in [0.25, 0.3) is 0 Å². The van der Waals surface area contributed by atoms with Crippen LogP contribution in [0.15, 0.2) is 65.8 Å². The van der Waals surface area contributed by atoms with Crippen molar-refractivity contribution >= 4 is 28.3 Å². The number of hydrogen-bond donors (Lipinski definition) is 0. The highest BCUT2D eigenvalue weighted by Gasteiger charge is 2.45. The number of benzene rings is 2. The van der Waals surface area contributed by atoms with Crippen molar-refractivity contribution in [2.24, 2.45) is 5.16 Å². The molecule has 2 unspecified atom stereocenters. The first kappa shape index (κ1) is 12.7. The van der Waals surface area contributed by atoms with Gasteiger partial charge in [0.15, 0.2) is 5.60 Å². The molecular formula is C16H14INO. The summed E-state index contributed by atoms with van der Waals surface area (Å²) in [5.41, 5.74) is 2.89. The van der Waals surface area contributed by atoms with Gasteiger partial charge in [0.2, 0.25) is 0 Å². The molecule has 0 amide bonds. The molecule has 0 spiro atoms. The lowest BCUT2D eigenvalue weighted by molar-refractivity contribution is -0.00163. The first-order valence-electron chi connectivity index (χ1n) is 6.23. The van der Waals surface area contributed by atoms with Crippen molar-refractivity contribution in [1.82, 2.24) is 0 Å². The summed E-state index contributed by atoms with van der Waals surface area (Å²) in [6, 6.07) is 20.5. The van der Waals surface area contributed by atoms with Gasteiger partial charge in [-0.2, -0.15) is 0 Å². The van der Waals surface area contributed by atoms with Crippen LogP contribution in [0.2, 0.25) is 0 Å². The predicted molar refractivity (Wildman–Crippen MR) is 85.7 cm³/mol. The molecule has 2 aromatic rings. The van der Waals surface area contributed by atoms with Gasteiger partial charge in [0.25, 0.3) is 0 Å². The molecule has 1 aliphatic rings. The van der Waals surface area contributed by atoms with Crippen LogP contribution in [0.4, 0.5) is 0 Å². The monoisotopic (exact) mass is 363 g/mol. The fourth-order valence-electron chi connectivity index (χ4n) is 2.27. The van der Waals surface area contributed by atoms with Crippen molar-refractivity contribution in [3.8, 4) is 0 Å². The van der Waals surface area contributed by atoms with Crippen molar-refractivity contribution in [3.05, 3.63) is 71.8 Å². The largest absolute Gasteiger partial charge is 0.383 e. The van der Waals surface area contributed by atoms with E-state index in [1.807, 2.05) is 36.4 Å². The molecule has 1 heterocycles. The van der Waals surface area contributed by atoms with Gasteiger partial charge < -0.3 is 4.84 Å². The molecule has 96 valence electrons. The fraction of sp³-hybridized carbons (Fsp3) is 0.188. The van der Waals surface area contributed by atoms with Crippen LogP contribution in [0, 0.1) is 0 Å². The Kier molecular flexibility index (Phi) is 3.31. The molecule has 2 nitrogen and oxygen atoms in total. The van der Waals surface area contributed by atoms with E-state index in [2.05, 4.69) is 58.9 Å². The first-order valence-corrected chi connectivity index (χ1v) is 7.47. The maximum atomic E-state index is 5.79. The number of oxime groups is 1. The average molecular weight is 363 g/mol. The molecule has 0 fully saturated rings. The van der Waals surface area contributed by atoms with E-state index in [0.717, 1.165) is 16.8 Å². The van der Waals surface area contributed by atoms with Crippen LogP contribution in [0.3, 0.4) is 0 Å². The van der Waals surface area contributed by atoms with E-state index in [9.17, 15) is 0 Å². The molecule has 2 atom stereocenters. The van der Waals surface area contributed by atoms with Crippen LogP contribution in [-0.2, 0) is 10.4 Å². The van der Waals surface area contributed by atoms with Crippen molar-refractivity contribution in [2.45, 2.75) is 16.4 Å². The molecule has 0 saturated heterocycles. The molecule has 0 radical (unpaired) electrons. The summed E-state index contributed by atoms with van der Waals surface area (Å²) in [5.74, 6) is 0. The standard InChI is InChI=1S/C16H14INO/c1-16(13-10-6-3-7-11-13)15(17)14(18-19-16)12-8-4-2-5-9-12/h2-11,15H,1H3. The minimum Gasteiger partial charge on any atom is -0.383 e. The van der Waals surface area contributed by atoms with Gasteiger partial charge >= 0.3 is 0 Å². The SMILES string of the molecule is CC1(c2ccccc2)ON=C(c2ccccc2)C1I. The van der Waals surface area contributed by atoms with Crippen molar-refractivity contribution in [1.29, 1.82) is 0 Å². The zero-order valence-electron chi connectivity index (χ0n) is 10.6. The molecule has 0 N–H and O–H groups in total. The van der Waals surface area contributed by atoms with Crippen molar-refractivity contribution < 1.29 is 4.84 Å². The molecular weight excluding hydrogens is 349 g/mol. The smallest absolute Gasteiger partial charge is 0.177 e. The molecule has 2 aromatic carbocycles. The summed E-state index contributed by atoms with van der Waals surface area (Å²) in [5, 5.41) is 4.33. The quantitative estimate of drug-likeness (QED) is 0.581. The second-order valence-corrected chi connectivity index (χ2v) is 6.02. The van der Waals surface area contributed by atoms with Gasteiger partial charge in [-0.3, -0.25) is 0 Å². The van der Waals surface area contributed by atoms with Crippen LogP contribution < -0.4 is 0 Å². The van der Waals surface area contributed by atoms with Crippen LogP contribution in [-0.4, -0.2) is 9.64 Å². The molecule has 0 bridgehead atoms. The molecule has 19 heavy (non-hydrogen) atoms. The highest BCUT2D eigenvalue weighted by molar-refractivity contribution is 14.1. The van der Waals surface area contributed by atoms with Crippen LogP contribution in [0.5, 0.6) is 0 Å². The Morgan fingerprint density at radius 1 is 1.00 bits per heavy atom. The minimum absolute atomic E-state index is 0.190. The molecule has 3 rings (SSSR count). The number of alkyl halides is 1. The predicted octanol–water partition coefficient (Wildman–Crippen LogP) is 4.14. The van der Waals surface area contributed by atoms with Gasteiger partial charge in [0.05, 0.1) is 0 Å². The maximum Gasteiger partial charge on any atom is 0.177 e. The average Bonchev–Trinajstić information content (AvgIpc) is 2.78. The summed E-state index contributed by atoms with van der Waals surface area (Å²) in [7, 11) is 0. The molecule has 0 saturated carbocycles. The summed E-state index contributed by atoms with van der Waals surface area (Å²) < 4.78 is 0.190. The van der Waals surface area contributed by atoms with Gasteiger partial charge in [-0.25, -0.2) is 0 Å². The molecule has 0 aliphatic carbocycles. The summed E-state index contributed by atoms with van der Waals surface area (Å²) in [6.07, 6.45) is 0.